The molecule has 2 rings (SSSR count). The topological polar surface area (TPSA) is 12.9 Å². The van der Waals surface area contributed by atoms with E-state index >= 15 is 0 Å². The van der Waals surface area contributed by atoms with Crippen LogP contribution < -0.4 is 0 Å². The van der Waals surface area contributed by atoms with E-state index in [1.807, 2.05) is 12.3 Å². The van der Waals surface area contributed by atoms with Gasteiger partial charge in [-0.15, -0.1) is 0 Å². The van der Waals surface area contributed by atoms with E-state index in [-0.39, 0.29) is 5.41 Å². The minimum absolute atomic E-state index is 0.190. The SMILES string of the molecule is Cc1cc2cccnc2cc1C(C)(C)C. The fourth-order valence-corrected chi connectivity index (χ4v) is 2.04. The highest BCUT2D eigenvalue weighted by molar-refractivity contribution is 5.80. The summed E-state index contributed by atoms with van der Waals surface area (Å²) in [6, 6.07) is 8.54. The van der Waals surface area contributed by atoms with Crippen LogP contribution in [0.5, 0.6) is 0 Å². The first-order chi connectivity index (χ1) is 6.98. The maximum Gasteiger partial charge on any atom is 0.0705 e. The van der Waals surface area contributed by atoms with Gasteiger partial charge in [0.1, 0.15) is 0 Å². The highest BCUT2D eigenvalue weighted by Crippen LogP contribution is 2.28. The number of aromatic nitrogens is 1. The van der Waals surface area contributed by atoms with Gasteiger partial charge in [-0.05, 0) is 41.7 Å². The fraction of sp³-hybridized carbons (Fsp3) is 0.357. The first-order valence-electron chi connectivity index (χ1n) is 5.34. The maximum atomic E-state index is 4.40. The normalized spacial score (nSPS) is 12.0. The molecule has 0 unspecified atom stereocenters. The monoisotopic (exact) mass is 199 g/mol. The molecule has 0 bridgehead atoms. The highest BCUT2D eigenvalue weighted by Gasteiger charge is 2.16. The standard InChI is InChI=1S/C14H17N/c1-10-8-11-6-5-7-15-13(11)9-12(10)14(2,3)4/h5-9H,1-4H3. The molecule has 0 amide bonds. The quantitative estimate of drug-likeness (QED) is 0.628. The summed E-state index contributed by atoms with van der Waals surface area (Å²) in [7, 11) is 0. The average Bonchev–Trinajstić information content (AvgIpc) is 2.15. The molecule has 78 valence electrons. The van der Waals surface area contributed by atoms with Gasteiger partial charge < -0.3 is 0 Å². The number of rotatable bonds is 0. The molecular weight excluding hydrogens is 182 g/mol. The lowest BCUT2D eigenvalue weighted by Crippen LogP contribution is -2.13. The van der Waals surface area contributed by atoms with Gasteiger partial charge in [0.25, 0.3) is 0 Å². The summed E-state index contributed by atoms with van der Waals surface area (Å²) in [5.41, 5.74) is 4.01. The Balaban J connectivity index is 2.73. The molecule has 1 aromatic heterocycles. The Hall–Kier alpha value is -1.37. The predicted octanol–water partition coefficient (Wildman–Crippen LogP) is 3.84. The molecule has 0 spiro atoms. The lowest BCUT2D eigenvalue weighted by atomic mass is 9.83. The lowest BCUT2D eigenvalue weighted by molar-refractivity contribution is 0.587. The Morgan fingerprint density at radius 1 is 1.13 bits per heavy atom. The zero-order valence-electron chi connectivity index (χ0n) is 9.83. The van der Waals surface area contributed by atoms with Gasteiger partial charge in [-0.2, -0.15) is 0 Å². The summed E-state index contributed by atoms with van der Waals surface area (Å²) < 4.78 is 0. The Kier molecular flexibility index (Phi) is 2.26. The van der Waals surface area contributed by atoms with Crippen LogP contribution in [0.4, 0.5) is 0 Å². The van der Waals surface area contributed by atoms with Crippen molar-refractivity contribution >= 4 is 10.9 Å². The Morgan fingerprint density at radius 3 is 2.53 bits per heavy atom. The van der Waals surface area contributed by atoms with Crippen LogP contribution in [0.1, 0.15) is 31.9 Å². The molecule has 1 heterocycles. The zero-order valence-corrected chi connectivity index (χ0v) is 9.83. The molecule has 0 aliphatic rings. The van der Waals surface area contributed by atoms with Crippen LogP contribution in [-0.2, 0) is 5.41 Å². The van der Waals surface area contributed by atoms with Gasteiger partial charge in [-0.25, -0.2) is 0 Å². The van der Waals surface area contributed by atoms with Crippen LogP contribution in [0.2, 0.25) is 0 Å². The second-order valence-electron chi connectivity index (χ2n) is 5.11. The van der Waals surface area contributed by atoms with Crippen LogP contribution >= 0.6 is 0 Å². The van der Waals surface area contributed by atoms with E-state index in [0.29, 0.717) is 0 Å². The maximum absolute atomic E-state index is 4.40. The molecule has 0 N–H and O–H groups in total. The van der Waals surface area contributed by atoms with Gasteiger partial charge in [-0.3, -0.25) is 4.98 Å². The fourth-order valence-electron chi connectivity index (χ4n) is 2.04. The highest BCUT2D eigenvalue weighted by atomic mass is 14.6. The van der Waals surface area contributed by atoms with Crippen molar-refractivity contribution in [3.05, 3.63) is 41.6 Å². The molecule has 0 saturated carbocycles. The van der Waals surface area contributed by atoms with Crippen molar-refractivity contribution in [2.24, 2.45) is 0 Å². The summed E-state index contributed by atoms with van der Waals surface area (Å²) in [5.74, 6) is 0. The second-order valence-corrected chi connectivity index (χ2v) is 5.11. The van der Waals surface area contributed by atoms with E-state index in [1.165, 1.54) is 16.5 Å². The molecular formula is C14H17N. The number of aryl methyl sites for hydroxylation is 1. The number of nitrogens with zero attached hydrogens (tertiary/aromatic N) is 1. The van der Waals surface area contributed by atoms with Gasteiger partial charge >= 0.3 is 0 Å². The molecule has 1 nitrogen and oxygen atoms in total. The van der Waals surface area contributed by atoms with E-state index in [2.05, 4.69) is 50.9 Å². The van der Waals surface area contributed by atoms with Crippen LogP contribution in [0.3, 0.4) is 0 Å². The number of hydrogen-bond acceptors (Lipinski definition) is 1. The third kappa shape index (κ3) is 1.87. The number of fused-ring (bicyclic) bond motifs is 1. The van der Waals surface area contributed by atoms with Crippen molar-refractivity contribution in [1.29, 1.82) is 0 Å². The van der Waals surface area contributed by atoms with E-state index < -0.39 is 0 Å². The molecule has 1 aromatic carbocycles. The minimum atomic E-state index is 0.190. The molecule has 1 heteroatoms. The van der Waals surface area contributed by atoms with Gasteiger partial charge in [0, 0.05) is 11.6 Å². The summed E-state index contributed by atoms with van der Waals surface area (Å²) >= 11 is 0. The van der Waals surface area contributed by atoms with Crippen molar-refractivity contribution in [1.82, 2.24) is 4.98 Å². The molecule has 0 radical (unpaired) electrons. The van der Waals surface area contributed by atoms with Gasteiger partial charge in [-0.1, -0.05) is 26.8 Å². The summed E-state index contributed by atoms with van der Waals surface area (Å²) in [6.45, 7) is 8.89. The van der Waals surface area contributed by atoms with Gasteiger partial charge in [0.15, 0.2) is 0 Å². The Morgan fingerprint density at radius 2 is 1.87 bits per heavy atom. The van der Waals surface area contributed by atoms with E-state index in [1.54, 1.807) is 0 Å². The Labute approximate surface area is 91.2 Å². The van der Waals surface area contributed by atoms with Crippen molar-refractivity contribution in [3.63, 3.8) is 0 Å². The molecule has 2 aromatic rings. The minimum Gasteiger partial charge on any atom is -0.256 e. The molecule has 0 saturated heterocycles. The van der Waals surface area contributed by atoms with Gasteiger partial charge in [0.05, 0.1) is 5.52 Å². The second kappa shape index (κ2) is 3.34. The van der Waals surface area contributed by atoms with E-state index in [0.717, 1.165) is 5.52 Å². The number of benzene rings is 1. The van der Waals surface area contributed by atoms with Crippen LogP contribution in [0.25, 0.3) is 10.9 Å². The average molecular weight is 199 g/mol. The van der Waals surface area contributed by atoms with E-state index in [9.17, 15) is 0 Å². The van der Waals surface area contributed by atoms with Crippen molar-refractivity contribution in [3.8, 4) is 0 Å². The molecule has 0 aliphatic carbocycles. The largest absolute Gasteiger partial charge is 0.256 e. The molecule has 15 heavy (non-hydrogen) atoms. The molecule has 0 fully saturated rings. The van der Waals surface area contributed by atoms with Crippen molar-refractivity contribution in [2.75, 3.05) is 0 Å². The Bertz CT molecular complexity index is 492. The first kappa shape index (κ1) is 10.2. The lowest BCUT2D eigenvalue weighted by Gasteiger charge is -2.22. The predicted molar refractivity (Wildman–Crippen MR) is 65.2 cm³/mol. The zero-order chi connectivity index (χ0) is 11.1. The van der Waals surface area contributed by atoms with Crippen molar-refractivity contribution in [2.45, 2.75) is 33.1 Å². The number of hydrogen-bond donors (Lipinski definition) is 0. The molecule has 0 aliphatic heterocycles. The summed E-state index contributed by atoms with van der Waals surface area (Å²) in [5, 5.41) is 1.23. The first-order valence-corrected chi connectivity index (χ1v) is 5.34. The summed E-state index contributed by atoms with van der Waals surface area (Å²) in [6.07, 6.45) is 1.85. The third-order valence-electron chi connectivity index (χ3n) is 2.76. The number of pyridine rings is 1. The van der Waals surface area contributed by atoms with Gasteiger partial charge in [0.2, 0.25) is 0 Å². The van der Waals surface area contributed by atoms with Crippen molar-refractivity contribution < 1.29 is 0 Å². The van der Waals surface area contributed by atoms with Crippen LogP contribution in [0, 0.1) is 6.92 Å². The van der Waals surface area contributed by atoms with Crippen LogP contribution in [0.15, 0.2) is 30.5 Å². The smallest absolute Gasteiger partial charge is 0.0705 e. The summed E-state index contributed by atoms with van der Waals surface area (Å²) in [4.78, 5) is 4.40. The van der Waals surface area contributed by atoms with E-state index in [4.69, 9.17) is 0 Å². The van der Waals surface area contributed by atoms with Crippen LogP contribution in [-0.4, -0.2) is 4.98 Å². The molecule has 0 atom stereocenters. The third-order valence-corrected chi connectivity index (χ3v) is 2.76.